The number of anilines is 2. The van der Waals surface area contributed by atoms with Gasteiger partial charge in [0.25, 0.3) is 0 Å². The molecule has 0 radical (unpaired) electrons. The predicted octanol–water partition coefficient (Wildman–Crippen LogP) is 7.05. The number of ether oxygens (including phenoxy) is 1. The van der Waals surface area contributed by atoms with Gasteiger partial charge < -0.3 is 14.7 Å². The molecule has 0 spiro atoms. The van der Waals surface area contributed by atoms with Crippen molar-refractivity contribution in [2.24, 2.45) is 5.92 Å². The highest BCUT2D eigenvalue weighted by Gasteiger charge is 2.42. The third-order valence-electron chi connectivity index (χ3n) is 5.45. The topological polar surface area (TPSA) is 90.2 Å². The van der Waals surface area contributed by atoms with E-state index in [4.69, 9.17) is 9.84 Å². The molecule has 0 unspecified atom stereocenters. The predicted molar refractivity (Wildman–Crippen MR) is 128 cm³/mol. The van der Waals surface area contributed by atoms with Gasteiger partial charge in [-0.1, -0.05) is 38.0 Å². The van der Waals surface area contributed by atoms with Crippen molar-refractivity contribution in [3.05, 3.63) is 54.6 Å². The maximum absolute atomic E-state index is 15.6. The van der Waals surface area contributed by atoms with E-state index in [-0.39, 0.29) is 17.2 Å². The first kappa shape index (κ1) is 25.4. The molecule has 0 bridgehead atoms. The van der Waals surface area contributed by atoms with Crippen LogP contribution in [0.2, 0.25) is 0 Å². The summed E-state index contributed by atoms with van der Waals surface area (Å²) in [6.07, 6.45) is 4.24. The lowest BCUT2D eigenvalue weighted by Crippen LogP contribution is -2.30. The van der Waals surface area contributed by atoms with Crippen LogP contribution >= 0.6 is 22.4 Å². The molecule has 10 heteroatoms. The molecule has 0 saturated carbocycles. The number of thioether (sulfide) groups is 1. The largest absolute Gasteiger partial charge is 0.476 e. The standard InChI is InChI=1S/C23H27F2NO5S2/c1-3-4-8-15-13-26(16-9-6-5-7-10-16)18-11-20(32-2)19(31-14-17(24)23(27)28)12-21(18)33(29,30)22(15)25/h5-7,9-12,14-15,22,29-30H,3-4,8,13H2,1-2H3,(H,27,28)/b17-14-/t15-,22+/m1/s1. The highest BCUT2D eigenvalue weighted by Crippen LogP contribution is 2.63. The summed E-state index contributed by atoms with van der Waals surface area (Å²) in [5, 5.41) is 8.73. The molecule has 2 aromatic carbocycles. The number of carboxylic acid groups (broad SMARTS) is 1. The molecule has 6 nitrogen and oxygen atoms in total. The molecule has 0 saturated heterocycles. The zero-order valence-electron chi connectivity index (χ0n) is 18.3. The summed E-state index contributed by atoms with van der Waals surface area (Å²) in [6, 6.07) is 12.2. The van der Waals surface area contributed by atoms with Crippen molar-refractivity contribution in [1.82, 2.24) is 0 Å². The Bertz CT molecular complexity index is 1020. The lowest BCUT2D eigenvalue weighted by molar-refractivity contribution is -0.134. The van der Waals surface area contributed by atoms with Gasteiger partial charge in [0.2, 0.25) is 5.83 Å². The smallest absolute Gasteiger partial charge is 0.368 e. The van der Waals surface area contributed by atoms with Gasteiger partial charge in [0.15, 0.2) is 5.50 Å². The number of rotatable bonds is 8. The lowest BCUT2D eigenvalue weighted by Gasteiger charge is -2.37. The Hall–Kier alpha value is -2.27. The van der Waals surface area contributed by atoms with Crippen LogP contribution < -0.4 is 9.64 Å². The Labute approximate surface area is 197 Å². The monoisotopic (exact) mass is 499 g/mol. The molecule has 180 valence electrons. The lowest BCUT2D eigenvalue weighted by atomic mass is 10.0. The van der Waals surface area contributed by atoms with Gasteiger partial charge in [-0.2, -0.15) is 4.39 Å². The van der Waals surface area contributed by atoms with E-state index in [1.807, 2.05) is 42.2 Å². The molecule has 3 rings (SSSR count). The number of fused-ring (bicyclic) bond motifs is 1. The van der Waals surface area contributed by atoms with Crippen molar-refractivity contribution >= 4 is 39.7 Å². The number of hydrogen-bond acceptors (Lipinski definition) is 6. The molecule has 0 aromatic heterocycles. The van der Waals surface area contributed by atoms with Crippen LogP contribution in [0.25, 0.3) is 0 Å². The SMILES string of the molecule is CCCC[C@@H]1CN(c2ccccc2)c2cc(SC)c(O/C=C(\F)C(=O)O)cc2S(O)(O)[C@@H]1F. The molecule has 1 aliphatic heterocycles. The van der Waals surface area contributed by atoms with Gasteiger partial charge in [0.05, 0.1) is 15.5 Å². The van der Waals surface area contributed by atoms with Crippen LogP contribution in [0, 0.1) is 5.92 Å². The molecule has 1 aliphatic rings. The van der Waals surface area contributed by atoms with E-state index in [9.17, 15) is 18.3 Å². The number of nitrogens with zero attached hydrogens (tertiary/aromatic N) is 1. The number of para-hydroxylation sites is 1. The first-order chi connectivity index (χ1) is 15.7. The Balaban J connectivity index is 2.19. The van der Waals surface area contributed by atoms with Crippen LogP contribution in [-0.2, 0) is 4.79 Å². The van der Waals surface area contributed by atoms with E-state index >= 15 is 4.39 Å². The van der Waals surface area contributed by atoms with Crippen LogP contribution in [0.15, 0.2) is 64.3 Å². The Kier molecular flexibility index (Phi) is 8.28. The van der Waals surface area contributed by atoms with Crippen molar-refractivity contribution in [1.29, 1.82) is 0 Å². The van der Waals surface area contributed by atoms with Crippen LogP contribution in [-0.4, -0.2) is 38.5 Å². The number of hydrogen-bond donors (Lipinski definition) is 3. The van der Waals surface area contributed by atoms with Crippen LogP contribution in [0.5, 0.6) is 5.75 Å². The second-order valence-corrected chi connectivity index (χ2v) is 10.6. The maximum atomic E-state index is 15.6. The third kappa shape index (κ3) is 5.46. The van der Waals surface area contributed by atoms with Gasteiger partial charge in [-0.05, 0) is 30.9 Å². The first-order valence-corrected chi connectivity index (χ1v) is 13.3. The highest BCUT2D eigenvalue weighted by atomic mass is 32.3. The number of unbranched alkanes of at least 4 members (excludes halogenated alkanes) is 1. The van der Waals surface area contributed by atoms with Crippen molar-refractivity contribution < 1.29 is 32.5 Å². The van der Waals surface area contributed by atoms with E-state index in [0.717, 1.165) is 18.5 Å². The molecule has 0 aliphatic carbocycles. The van der Waals surface area contributed by atoms with Gasteiger partial charge in [0, 0.05) is 24.2 Å². The quantitative estimate of drug-likeness (QED) is 0.204. The van der Waals surface area contributed by atoms with Crippen LogP contribution in [0.1, 0.15) is 26.2 Å². The van der Waals surface area contributed by atoms with Gasteiger partial charge >= 0.3 is 5.97 Å². The van der Waals surface area contributed by atoms with Crippen molar-refractivity contribution in [2.75, 3.05) is 17.7 Å². The number of halogens is 2. The summed E-state index contributed by atoms with van der Waals surface area (Å²) >= 11 is 1.25. The van der Waals surface area contributed by atoms with Crippen molar-refractivity contribution in [3.8, 4) is 5.75 Å². The minimum atomic E-state index is -3.91. The number of carboxylic acids is 1. The van der Waals surface area contributed by atoms with Crippen molar-refractivity contribution in [2.45, 2.75) is 41.5 Å². The molecule has 3 N–H and O–H groups in total. The third-order valence-corrected chi connectivity index (χ3v) is 8.20. The summed E-state index contributed by atoms with van der Waals surface area (Å²) < 4.78 is 56.5. The average molecular weight is 500 g/mol. The summed E-state index contributed by atoms with van der Waals surface area (Å²) in [5.74, 6) is -3.94. The fourth-order valence-electron chi connectivity index (χ4n) is 3.75. The van der Waals surface area contributed by atoms with E-state index in [1.165, 1.54) is 17.8 Å². The van der Waals surface area contributed by atoms with E-state index < -0.39 is 33.8 Å². The summed E-state index contributed by atoms with van der Waals surface area (Å²) in [4.78, 5) is 13.1. The van der Waals surface area contributed by atoms with Gasteiger partial charge in [-0.25, -0.2) is 9.18 Å². The van der Waals surface area contributed by atoms with Gasteiger partial charge in [-0.15, -0.1) is 22.4 Å². The fraction of sp³-hybridized carbons (Fsp3) is 0.348. The zero-order chi connectivity index (χ0) is 24.2. The summed E-state index contributed by atoms with van der Waals surface area (Å²) in [5.41, 5.74) is -0.722. The number of aliphatic carboxylic acids is 1. The number of carbonyl (C=O) groups is 1. The molecular weight excluding hydrogens is 472 g/mol. The van der Waals surface area contributed by atoms with Crippen LogP contribution in [0.4, 0.5) is 20.2 Å². The average Bonchev–Trinajstić information content (AvgIpc) is 2.89. The molecule has 33 heavy (non-hydrogen) atoms. The second-order valence-electron chi connectivity index (χ2n) is 7.65. The molecule has 0 amide bonds. The second kappa shape index (κ2) is 10.8. The minimum absolute atomic E-state index is 0.00449. The Morgan fingerprint density at radius 3 is 2.61 bits per heavy atom. The fourth-order valence-corrected chi connectivity index (χ4v) is 6.04. The zero-order valence-corrected chi connectivity index (χ0v) is 19.9. The maximum Gasteiger partial charge on any atom is 0.368 e. The normalized spacial score (nSPS) is 21.2. The van der Waals surface area contributed by atoms with Crippen molar-refractivity contribution in [3.63, 3.8) is 0 Å². The number of alkyl halides is 1. The van der Waals surface area contributed by atoms with E-state index in [2.05, 4.69) is 0 Å². The highest BCUT2D eigenvalue weighted by molar-refractivity contribution is 8.24. The van der Waals surface area contributed by atoms with Gasteiger partial charge in [-0.3, -0.25) is 9.11 Å². The Morgan fingerprint density at radius 1 is 1.30 bits per heavy atom. The van der Waals surface area contributed by atoms with Crippen LogP contribution in [0.3, 0.4) is 0 Å². The number of benzene rings is 2. The molecule has 1 heterocycles. The van der Waals surface area contributed by atoms with E-state index in [1.54, 1.807) is 12.3 Å². The van der Waals surface area contributed by atoms with E-state index in [0.29, 0.717) is 23.3 Å². The molecule has 0 fully saturated rings. The summed E-state index contributed by atoms with van der Waals surface area (Å²) in [7, 11) is -3.91. The Morgan fingerprint density at radius 2 is 2.00 bits per heavy atom. The molecular formula is C23H27F2NO5S2. The molecule has 2 aromatic rings. The molecule has 2 atom stereocenters. The van der Waals surface area contributed by atoms with Gasteiger partial charge in [0.1, 0.15) is 12.0 Å². The minimum Gasteiger partial charge on any atom is -0.476 e. The first-order valence-electron chi connectivity index (χ1n) is 10.4. The summed E-state index contributed by atoms with van der Waals surface area (Å²) in [6.45, 7) is 2.24.